The predicted octanol–water partition coefficient (Wildman–Crippen LogP) is 1.57. The van der Waals surface area contributed by atoms with Crippen LogP contribution in [-0.2, 0) is 11.3 Å². The SMILES string of the molecule is O=C(CNC(=O)c1ccccc1)NCc1cc2ccccc2[nH]c1=O. The monoisotopic (exact) mass is 335 g/mol. The maximum absolute atomic E-state index is 12.0. The van der Waals surface area contributed by atoms with Crippen LogP contribution in [-0.4, -0.2) is 23.3 Å². The summed E-state index contributed by atoms with van der Waals surface area (Å²) in [5, 5.41) is 6.07. The standard InChI is InChI=1S/C19H17N3O3/c23-17(12-21-18(24)13-6-2-1-3-7-13)20-11-15-10-14-8-4-5-9-16(14)22-19(15)25/h1-10H,11-12H2,(H,20,23)(H,21,24)(H,22,25). The first-order chi connectivity index (χ1) is 12.1. The van der Waals surface area contributed by atoms with Crippen molar-refractivity contribution in [3.63, 3.8) is 0 Å². The zero-order valence-corrected chi connectivity index (χ0v) is 13.4. The van der Waals surface area contributed by atoms with Gasteiger partial charge in [-0.05, 0) is 29.7 Å². The molecule has 1 aromatic heterocycles. The maximum atomic E-state index is 12.0. The number of benzene rings is 2. The van der Waals surface area contributed by atoms with Crippen LogP contribution in [0.25, 0.3) is 10.9 Å². The predicted molar refractivity (Wildman–Crippen MR) is 95.2 cm³/mol. The van der Waals surface area contributed by atoms with Crippen LogP contribution in [0.2, 0.25) is 0 Å². The number of rotatable bonds is 5. The van der Waals surface area contributed by atoms with Crippen molar-refractivity contribution in [3.05, 3.63) is 82.1 Å². The minimum atomic E-state index is -0.364. The molecular weight excluding hydrogens is 318 g/mol. The van der Waals surface area contributed by atoms with E-state index in [0.717, 1.165) is 10.9 Å². The molecule has 0 saturated heterocycles. The van der Waals surface area contributed by atoms with Gasteiger partial charge in [0.15, 0.2) is 0 Å². The molecule has 2 aromatic carbocycles. The van der Waals surface area contributed by atoms with Gasteiger partial charge in [0, 0.05) is 23.2 Å². The molecule has 2 amide bonds. The summed E-state index contributed by atoms with van der Waals surface area (Å²) in [6, 6.07) is 17.8. The number of aromatic nitrogens is 1. The van der Waals surface area contributed by atoms with Gasteiger partial charge in [-0.15, -0.1) is 0 Å². The first-order valence-corrected chi connectivity index (χ1v) is 7.84. The number of nitrogens with one attached hydrogen (secondary N) is 3. The molecule has 3 rings (SSSR count). The molecule has 0 fully saturated rings. The molecule has 6 nitrogen and oxygen atoms in total. The number of fused-ring (bicyclic) bond motifs is 1. The number of carbonyl (C=O) groups is 2. The normalized spacial score (nSPS) is 10.4. The number of pyridine rings is 1. The Morgan fingerprint density at radius 2 is 1.64 bits per heavy atom. The summed E-state index contributed by atoms with van der Waals surface area (Å²) >= 11 is 0. The Bertz CT molecular complexity index is 964. The fraction of sp³-hybridized carbons (Fsp3) is 0.105. The van der Waals surface area contributed by atoms with Crippen LogP contribution in [0.15, 0.2) is 65.5 Å². The number of aromatic amines is 1. The zero-order chi connectivity index (χ0) is 17.6. The van der Waals surface area contributed by atoms with Gasteiger partial charge in [0.25, 0.3) is 11.5 Å². The fourth-order valence-electron chi connectivity index (χ4n) is 2.43. The summed E-state index contributed by atoms with van der Waals surface area (Å²) < 4.78 is 0. The van der Waals surface area contributed by atoms with Crippen LogP contribution in [0, 0.1) is 0 Å². The Morgan fingerprint density at radius 3 is 2.44 bits per heavy atom. The average molecular weight is 335 g/mol. The summed E-state index contributed by atoms with van der Waals surface area (Å²) in [4.78, 5) is 38.6. The summed E-state index contributed by atoms with van der Waals surface area (Å²) in [6.07, 6.45) is 0. The van der Waals surface area contributed by atoms with E-state index < -0.39 is 0 Å². The van der Waals surface area contributed by atoms with Crippen molar-refractivity contribution in [2.45, 2.75) is 6.54 Å². The lowest BCUT2D eigenvalue weighted by Crippen LogP contribution is -2.37. The molecule has 25 heavy (non-hydrogen) atoms. The highest BCUT2D eigenvalue weighted by Crippen LogP contribution is 2.09. The summed E-state index contributed by atoms with van der Waals surface area (Å²) in [5.74, 6) is -0.684. The highest BCUT2D eigenvalue weighted by molar-refractivity contribution is 5.96. The number of hydrogen-bond donors (Lipinski definition) is 3. The number of H-pyrrole nitrogens is 1. The Balaban J connectivity index is 1.56. The molecule has 0 saturated carbocycles. The molecule has 0 aliphatic rings. The Labute approximate surface area is 143 Å². The lowest BCUT2D eigenvalue weighted by molar-refractivity contribution is -0.120. The van der Waals surface area contributed by atoms with E-state index in [1.165, 1.54) is 0 Å². The van der Waals surface area contributed by atoms with Gasteiger partial charge in [-0.25, -0.2) is 0 Å². The maximum Gasteiger partial charge on any atom is 0.253 e. The van der Waals surface area contributed by atoms with Gasteiger partial charge in [-0.1, -0.05) is 36.4 Å². The third-order valence-electron chi connectivity index (χ3n) is 3.75. The average Bonchev–Trinajstić information content (AvgIpc) is 2.65. The highest BCUT2D eigenvalue weighted by atomic mass is 16.2. The van der Waals surface area contributed by atoms with Gasteiger partial charge >= 0.3 is 0 Å². The van der Waals surface area contributed by atoms with Crippen molar-refractivity contribution in [2.75, 3.05) is 6.54 Å². The molecule has 0 unspecified atom stereocenters. The molecule has 0 bridgehead atoms. The summed E-state index contributed by atoms with van der Waals surface area (Å²) in [7, 11) is 0. The first kappa shape index (κ1) is 16.4. The molecule has 6 heteroatoms. The van der Waals surface area contributed by atoms with E-state index in [4.69, 9.17) is 0 Å². The second-order valence-corrected chi connectivity index (χ2v) is 5.54. The molecule has 0 aliphatic heterocycles. The second kappa shape index (κ2) is 7.44. The Kier molecular flexibility index (Phi) is 4.89. The lowest BCUT2D eigenvalue weighted by Gasteiger charge is -2.07. The van der Waals surface area contributed by atoms with Gasteiger partial charge in [-0.3, -0.25) is 14.4 Å². The van der Waals surface area contributed by atoms with Crippen molar-refractivity contribution in [3.8, 4) is 0 Å². The largest absolute Gasteiger partial charge is 0.350 e. The number of carbonyl (C=O) groups excluding carboxylic acids is 2. The molecule has 3 aromatic rings. The molecule has 0 radical (unpaired) electrons. The van der Waals surface area contributed by atoms with E-state index in [2.05, 4.69) is 15.6 Å². The third-order valence-corrected chi connectivity index (χ3v) is 3.75. The van der Waals surface area contributed by atoms with Crippen LogP contribution in [0.5, 0.6) is 0 Å². The fourth-order valence-corrected chi connectivity index (χ4v) is 2.43. The van der Waals surface area contributed by atoms with Gasteiger partial charge in [0.05, 0.1) is 6.54 Å². The minimum Gasteiger partial charge on any atom is -0.350 e. The van der Waals surface area contributed by atoms with E-state index in [1.54, 1.807) is 30.3 Å². The van der Waals surface area contributed by atoms with Gasteiger partial charge in [-0.2, -0.15) is 0 Å². The van der Waals surface area contributed by atoms with Crippen molar-refractivity contribution < 1.29 is 9.59 Å². The van der Waals surface area contributed by atoms with Crippen LogP contribution in [0.1, 0.15) is 15.9 Å². The van der Waals surface area contributed by atoms with E-state index in [0.29, 0.717) is 11.1 Å². The van der Waals surface area contributed by atoms with Crippen molar-refractivity contribution >= 4 is 22.7 Å². The summed E-state index contributed by atoms with van der Waals surface area (Å²) in [5.41, 5.74) is 1.45. The Morgan fingerprint density at radius 1 is 0.920 bits per heavy atom. The molecule has 0 spiro atoms. The van der Waals surface area contributed by atoms with E-state index in [-0.39, 0.29) is 30.5 Å². The van der Waals surface area contributed by atoms with E-state index >= 15 is 0 Å². The Hall–Kier alpha value is -3.41. The number of para-hydroxylation sites is 1. The molecule has 3 N–H and O–H groups in total. The number of amides is 2. The zero-order valence-electron chi connectivity index (χ0n) is 13.4. The van der Waals surface area contributed by atoms with E-state index in [1.807, 2.05) is 30.3 Å². The van der Waals surface area contributed by atoms with Crippen molar-refractivity contribution in [2.24, 2.45) is 0 Å². The topological polar surface area (TPSA) is 91.1 Å². The highest BCUT2D eigenvalue weighted by Gasteiger charge is 2.08. The molecule has 1 heterocycles. The van der Waals surface area contributed by atoms with Gasteiger partial charge < -0.3 is 15.6 Å². The van der Waals surface area contributed by atoms with Crippen LogP contribution < -0.4 is 16.2 Å². The second-order valence-electron chi connectivity index (χ2n) is 5.54. The third kappa shape index (κ3) is 4.11. The molecule has 126 valence electrons. The quantitative estimate of drug-likeness (QED) is 0.661. The smallest absolute Gasteiger partial charge is 0.253 e. The molecular formula is C19H17N3O3. The first-order valence-electron chi connectivity index (χ1n) is 7.84. The van der Waals surface area contributed by atoms with Crippen LogP contribution in [0.4, 0.5) is 0 Å². The van der Waals surface area contributed by atoms with Crippen molar-refractivity contribution in [1.82, 2.24) is 15.6 Å². The van der Waals surface area contributed by atoms with E-state index in [9.17, 15) is 14.4 Å². The van der Waals surface area contributed by atoms with Crippen LogP contribution in [0.3, 0.4) is 0 Å². The van der Waals surface area contributed by atoms with Crippen LogP contribution >= 0.6 is 0 Å². The lowest BCUT2D eigenvalue weighted by atomic mass is 10.1. The number of hydrogen-bond acceptors (Lipinski definition) is 3. The van der Waals surface area contributed by atoms with Crippen molar-refractivity contribution in [1.29, 1.82) is 0 Å². The summed E-state index contributed by atoms with van der Waals surface area (Å²) in [6.45, 7) is -0.0561. The molecule has 0 atom stereocenters. The molecule has 0 aliphatic carbocycles. The van der Waals surface area contributed by atoms with Gasteiger partial charge in [0.1, 0.15) is 0 Å². The van der Waals surface area contributed by atoms with Gasteiger partial charge in [0.2, 0.25) is 5.91 Å². The minimum absolute atomic E-state index is 0.0974.